The summed E-state index contributed by atoms with van der Waals surface area (Å²) >= 11 is 5.33. The molecular weight excluding hydrogens is 246 g/mol. The van der Waals surface area contributed by atoms with Crippen LogP contribution >= 0.6 is 27.7 Å². The van der Waals surface area contributed by atoms with Crippen molar-refractivity contribution in [3.05, 3.63) is 34.3 Å². The normalized spacial score (nSPS) is 15.4. The summed E-state index contributed by atoms with van der Waals surface area (Å²) in [5, 5.41) is 0.371. The fourth-order valence-electron chi connectivity index (χ4n) is 1.33. The maximum Gasteiger partial charge on any atom is 0.0454 e. The van der Waals surface area contributed by atoms with Gasteiger partial charge in [-0.1, -0.05) is 34.1 Å². The van der Waals surface area contributed by atoms with Gasteiger partial charge >= 0.3 is 0 Å². The molecule has 1 rings (SSSR count). The number of hydrogen-bond donors (Lipinski definition) is 1. The van der Waals surface area contributed by atoms with Crippen LogP contribution in [0.4, 0.5) is 0 Å². The van der Waals surface area contributed by atoms with Gasteiger partial charge in [0.2, 0.25) is 0 Å². The van der Waals surface area contributed by atoms with Gasteiger partial charge in [-0.05, 0) is 24.8 Å². The third-order valence-electron chi connectivity index (χ3n) is 1.94. The Labute approximate surface area is 92.2 Å². The Morgan fingerprint density at radius 1 is 1.38 bits per heavy atom. The molecule has 1 nitrogen and oxygen atoms in total. The highest BCUT2D eigenvalue weighted by Crippen LogP contribution is 2.33. The smallest absolute Gasteiger partial charge is 0.0454 e. The average molecular weight is 260 g/mol. The second-order valence-corrected chi connectivity index (χ2v) is 4.87. The fraction of sp³-hybridized carbons (Fsp3) is 0.400. The second-order valence-electron chi connectivity index (χ2n) is 3.04. The van der Waals surface area contributed by atoms with Gasteiger partial charge in [0.1, 0.15) is 0 Å². The number of benzene rings is 1. The van der Waals surface area contributed by atoms with E-state index >= 15 is 0 Å². The zero-order chi connectivity index (χ0) is 9.84. The van der Waals surface area contributed by atoms with Crippen molar-refractivity contribution in [3.8, 4) is 0 Å². The maximum absolute atomic E-state index is 5.91. The lowest BCUT2D eigenvalue weighted by molar-refractivity contribution is 0.721. The van der Waals surface area contributed by atoms with Crippen molar-refractivity contribution in [2.24, 2.45) is 5.73 Å². The monoisotopic (exact) mass is 259 g/mol. The van der Waals surface area contributed by atoms with Crippen molar-refractivity contribution in [1.29, 1.82) is 0 Å². The standard InChI is InChI=1S/C10H14BrNS/c1-7(12)10(13-2)8-5-3-4-6-9(8)11/h3-7,10H,12H2,1-2H3. The minimum absolute atomic E-state index is 0.175. The molecule has 0 radical (unpaired) electrons. The van der Waals surface area contributed by atoms with E-state index in [4.69, 9.17) is 5.73 Å². The maximum atomic E-state index is 5.91. The molecule has 2 atom stereocenters. The zero-order valence-electron chi connectivity index (χ0n) is 7.83. The first kappa shape index (κ1) is 11.1. The van der Waals surface area contributed by atoms with Crippen LogP contribution in [0, 0.1) is 0 Å². The molecule has 1 aromatic rings. The van der Waals surface area contributed by atoms with Gasteiger partial charge in [0.15, 0.2) is 0 Å². The SMILES string of the molecule is CSC(c1ccccc1Br)C(C)N. The van der Waals surface area contributed by atoms with Crippen LogP contribution in [-0.2, 0) is 0 Å². The predicted molar refractivity (Wildman–Crippen MR) is 64.0 cm³/mol. The molecular formula is C10H14BrNS. The zero-order valence-corrected chi connectivity index (χ0v) is 10.2. The van der Waals surface area contributed by atoms with Gasteiger partial charge < -0.3 is 5.73 Å². The Morgan fingerprint density at radius 3 is 2.46 bits per heavy atom. The van der Waals surface area contributed by atoms with E-state index in [1.807, 2.05) is 19.1 Å². The topological polar surface area (TPSA) is 26.0 Å². The second kappa shape index (κ2) is 5.03. The first-order valence-corrected chi connectivity index (χ1v) is 6.27. The number of nitrogens with two attached hydrogens (primary N) is 1. The van der Waals surface area contributed by atoms with Crippen molar-refractivity contribution >= 4 is 27.7 Å². The Balaban J connectivity index is 2.97. The molecule has 0 aliphatic rings. The summed E-state index contributed by atoms with van der Waals surface area (Å²) in [5.74, 6) is 0. The summed E-state index contributed by atoms with van der Waals surface area (Å²) in [6, 6.07) is 8.42. The molecule has 0 amide bonds. The van der Waals surface area contributed by atoms with E-state index < -0.39 is 0 Å². The Bertz CT molecular complexity index is 275. The minimum atomic E-state index is 0.175. The van der Waals surface area contributed by atoms with E-state index in [0.717, 1.165) is 4.47 Å². The van der Waals surface area contributed by atoms with Gasteiger partial charge in [0.25, 0.3) is 0 Å². The van der Waals surface area contributed by atoms with Crippen LogP contribution in [-0.4, -0.2) is 12.3 Å². The molecule has 2 unspecified atom stereocenters. The first-order valence-electron chi connectivity index (χ1n) is 4.19. The highest BCUT2D eigenvalue weighted by Gasteiger charge is 2.16. The molecule has 72 valence electrons. The first-order chi connectivity index (χ1) is 6.16. The van der Waals surface area contributed by atoms with Crippen LogP contribution in [0.25, 0.3) is 0 Å². The van der Waals surface area contributed by atoms with Gasteiger partial charge in [0, 0.05) is 15.8 Å². The number of thioether (sulfide) groups is 1. The highest BCUT2D eigenvalue weighted by atomic mass is 79.9. The lowest BCUT2D eigenvalue weighted by Crippen LogP contribution is -2.22. The molecule has 13 heavy (non-hydrogen) atoms. The van der Waals surface area contributed by atoms with Crippen LogP contribution in [0.5, 0.6) is 0 Å². The number of halogens is 1. The fourth-order valence-corrected chi connectivity index (χ4v) is 2.90. The summed E-state index contributed by atoms with van der Waals surface area (Å²) < 4.78 is 1.15. The van der Waals surface area contributed by atoms with Crippen LogP contribution in [0.1, 0.15) is 17.7 Å². The summed E-state index contributed by atoms with van der Waals surface area (Å²) in [6.07, 6.45) is 2.09. The number of hydrogen-bond acceptors (Lipinski definition) is 2. The lowest BCUT2D eigenvalue weighted by Gasteiger charge is -2.19. The molecule has 2 N–H and O–H groups in total. The van der Waals surface area contributed by atoms with E-state index in [0.29, 0.717) is 5.25 Å². The van der Waals surface area contributed by atoms with Gasteiger partial charge in [-0.15, -0.1) is 0 Å². The van der Waals surface area contributed by atoms with E-state index in [2.05, 4.69) is 34.3 Å². The van der Waals surface area contributed by atoms with Crippen LogP contribution in [0.3, 0.4) is 0 Å². The third kappa shape index (κ3) is 2.73. The van der Waals surface area contributed by atoms with Crippen molar-refractivity contribution in [1.82, 2.24) is 0 Å². The summed E-state index contributed by atoms with van der Waals surface area (Å²) in [6.45, 7) is 2.04. The Kier molecular flexibility index (Phi) is 4.29. The van der Waals surface area contributed by atoms with Crippen LogP contribution in [0.2, 0.25) is 0 Å². The van der Waals surface area contributed by atoms with E-state index in [1.165, 1.54) is 5.56 Å². The molecule has 0 fully saturated rings. The summed E-state index contributed by atoms with van der Waals surface area (Å²) in [4.78, 5) is 0. The molecule has 0 saturated carbocycles. The van der Waals surface area contributed by atoms with Crippen molar-refractivity contribution < 1.29 is 0 Å². The molecule has 0 aliphatic heterocycles. The number of rotatable bonds is 3. The summed E-state index contributed by atoms with van der Waals surface area (Å²) in [5.41, 5.74) is 7.19. The summed E-state index contributed by atoms with van der Waals surface area (Å²) in [7, 11) is 0. The van der Waals surface area contributed by atoms with Gasteiger partial charge in [0.05, 0.1) is 0 Å². The largest absolute Gasteiger partial charge is 0.327 e. The molecule has 0 heterocycles. The average Bonchev–Trinajstić information content (AvgIpc) is 2.09. The van der Waals surface area contributed by atoms with E-state index in [1.54, 1.807) is 11.8 Å². The van der Waals surface area contributed by atoms with Gasteiger partial charge in [-0.25, -0.2) is 0 Å². The molecule has 3 heteroatoms. The molecule has 0 aliphatic carbocycles. The van der Waals surface area contributed by atoms with Crippen LogP contribution < -0.4 is 5.73 Å². The van der Waals surface area contributed by atoms with Crippen molar-refractivity contribution in [2.75, 3.05) is 6.26 Å². The molecule has 1 aromatic carbocycles. The van der Waals surface area contributed by atoms with Crippen molar-refractivity contribution in [2.45, 2.75) is 18.2 Å². The minimum Gasteiger partial charge on any atom is -0.327 e. The van der Waals surface area contributed by atoms with Crippen LogP contribution in [0.15, 0.2) is 28.7 Å². The molecule has 0 spiro atoms. The quantitative estimate of drug-likeness (QED) is 0.903. The Morgan fingerprint density at radius 2 is 2.00 bits per heavy atom. The molecule has 0 aromatic heterocycles. The third-order valence-corrected chi connectivity index (χ3v) is 3.86. The molecule has 0 bridgehead atoms. The van der Waals surface area contributed by atoms with Gasteiger partial charge in [-0.3, -0.25) is 0 Å². The predicted octanol–water partition coefficient (Wildman–Crippen LogP) is 3.20. The van der Waals surface area contributed by atoms with Crippen molar-refractivity contribution in [3.63, 3.8) is 0 Å². The lowest BCUT2D eigenvalue weighted by atomic mass is 10.1. The van der Waals surface area contributed by atoms with E-state index in [9.17, 15) is 0 Å². The highest BCUT2D eigenvalue weighted by molar-refractivity contribution is 9.10. The van der Waals surface area contributed by atoms with E-state index in [-0.39, 0.29) is 6.04 Å². The van der Waals surface area contributed by atoms with Gasteiger partial charge in [-0.2, -0.15) is 11.8 Å². The Hall–Kier alpha value is 0.01000. The molecule has 0 saturated heterocycles.